The van der Waals surface area contributed by atoms with Crippen molar-refractivity contribution in [2.45, 2.75) is 19.8 Å². The minimum atomic E-state index is -0.867. The summed E-state index contributed by atoms with van der Waals surface area (Å²) in [6, 6.07) is 7.44. The summed E-state index contributed by atoms with van der Waals surface area (Å²) in [5.74, 6) is -0.884. The normalized spacial score (nSPS) is 10.6. The van der Waals surface area contributed by atoms with Gasteiger partial charge in [0.05, 0.1) is 0 Å². The molecule has 100 valence electrons. The van der Waals surface area contributed by atoms with Gasteiger partial charge < -0.3 is 14.8 Å². The second kappa shape index (κ2) is 5.56. The van der Waals surface area contributed by atoms with Crippen molar-refractivity contribution in [3.8, 4) is 0 Å². The van der Waals surface area contributed by atoms with Crippen LogP contribution in [0.1, 0.15) is 29.0 Å². The van der Waals surface area contributed by atoms with E-state index in [-0.39, 0.29) is 18.1 Å². The van der Waals surface area contributed by atoms with Crippen molar-refractivity contribution >= 4 is 22.8 Å². The lowest BCUT2D eigenvalue weighted by Crippen LogP contribution is -2.25. The fraction of sp³-hybridized carbons (Fsp3) is 0.286. The molecular weight excluding hydrogens is 246 g/mol. The number of carboxylic acids is 1. The number of carbonyl (C=O) groups excluding carboxylic acids is 1. The molecule has 0 atom stereocenters. The van der Waals surface area contributed by atoms with E-state index < -0.39 is 5.97 Å². The van der Waals surface area contributed by atoms with Crippen molar-refractivity contribution in [2.24, 2.45) is 0 Å². The van der Waals surface area contributed by atoms with E-state index in [2.05, 4.69) is 5.32 Å². The molecule has 0 aliphatic heterocycles. The van der Waals surface area contributed by atoms with E-state index in [1.807, 2.05) is 31.2 Å². The Morgan fingerprint density at radius 2 is 2.05 bits per heavy atom. The molecule has 1 aromatic heterocycles. The largest absolute Gasteiger partial charge is 0.481 e. The number of amides is 1. The van der Waals surface area contributed by atoms with Crippen molar-refractivity contribution in [1.82, 2.24) is 5.32 Å². The summed E-state index contributed by atoms with van der Waals surface area (Å²) in [4.78, 5) is 22.3. The standard InChI is InChI=1S/C14H15NO4/c1-9-10-5-2-3-6-11(10)19-13(9)14(18)15-8-4-7-12(16)17/h2-3,5-6H,4,7-8H2,1H3,(H,15,18)(H,16,17). The number of furan rings is 1. The molecule has 1 amide bonds. The van der Waals surface area contributed by atoms with Gasteiger partial charge in [0, 0.05) is 23.9 Å². The van der Waals surface area contributed by atoms with Crippen LogP contribution < -0.4 is 5.32 Å². The maximum absolute atomic E-state index is 11.9. The van der Waals surface area contributed by atoms with Crippen molar-refractivity contribution in [3.05, 3.63) is 35.6 Å². The topological polar surface area (TPSA) is 79.5 Å². The number of para-hydroxylation sites is 1. The average Bonchev–Trinajstić information content (AvgIpc) is 2.72. The second-order valence-corrected chi connectivity index (χ2v) is 4.31. The van der Waals surface area contributed by atoms with Gasteiger partial charge in [0.25, 0.3) is 5.91 Å². The summed E-state index contributed by atoms with van der Waals surface area (Å²) in [5.41, 5.74) is 1.47. The molecule has 0 radical (unpaired) electrons. The van der Waals surface area contributed by atoms with Crippen LogP contribution in [0.2, 0.25) is 0 Å². The maximum atomic E-state index is 11.9. The molecule has 0 bridgehead atoms. The maximum Gasteiger partial charge on any atom is 0.303 e. The van der Waals surface area contributed by atoms with Gasteiger partial charge in [0.15, 0.2) is 5.76 Å². The summed E-state index contributed by atoms with van der Waals surface area (Å²) < 4.78 is 5.51. The summed E-state index contributed by atoms with van der Waals surface area (Å²) in [6.07, 6.45) is 0.444. The summed E-state index contributed by atoms with van der Waals surface area (Å²) in [7, 11) is 0. The zero-order valence-corrected chi connectivity index (χ0v) is 10.6. The van der Waals surface area contributed by atoms with Gasteiger partial charge in [-0.2, -0.15) is 0 Å². The zero-order chi connectivity index (χ0) is 13.8. The Bertz CT molecular complexity index is 615. The van der Waals surface area contributed by atoms with Gasteiger partial charge in [-0.15, -0.1) is 0 Å². The fourth-order valence-electron chi connectivity index (χ4n) is 1.91. The molecule has 0 saturated heterocycles. The zero-order valence-electron chi connectivity index (χ0n) is 10.6. The molecule has 2 aromatic rings. The number of carbonyl (C=O) groups is 2. The van der Waals surface area contributed by atoms with E-state index in [0.717, 1.165) is 10.9 Å². The first-order chi connectivity index (χ1) is 9.09. The number of hydrogen-bond donors (Lipinski definition) is 2. The third kappa shape index (κ3) is 2.93. The van der Waals surface area contributed by atoms with Crippen molar-refractivity contribution in [2.75, 3.05) is 6.54 Å². The molecule has 1 aromatic carbocycles. The molecule has 5 nitrogen and oxygen atoms in total. The molecule has 19 heavy (non-hydrogen) atoms. The van der Waals surface area contributed by atoms with E-state index in [1.165, 1.54) is 0 Å². The van der Waals surface area contributed by atoms with E-state index in [0.29, 0.717) is 18.5 Å². The lowest BCUT2D eigenvalue weighted by molar-refractivity contribution is -0.137. The quantitative estimate of drug-likeness (QED) is 0.809. The number of nitrogens with one attached hydrogen (secondary N) is 1. The van der Waals surface area contributed by atoms with Gasteiger partial charge in [-0.25, -0.2) is 0 Å². The van der Waals surface area contributed by atoms with Gasteiger partial charge in [-0.05, 0) is 19.4 Å². The lowest BCUT2D eigenvalue weighted by Gasteiger charge is -2.02. The summed E-state index contributed by atoms with van der Waals surface area (Å²) in [6.45, 7) is 2.15. The molecule has 0 unspecified atom stereocenters. The van der Waals surface area contributed by atoms with Crippen LogP contribution in [-0.2, 0) is 4.79 Å². The van der Waals surface area contributed by atoms with E-state index >= 15 is 0 Å². The molecule has 0 aliphatic rings. The Balaban J connectivity index is 2.05. The van der Waals surface area contributed by atoms with Gasteiger partial charge in [-0.1, -0.05) is 18.2 Å². The molecule has 1 heterocycles. The van der Waals surface area contributed by atoms with Crippen LogP contribution in [0.3, 0.4) is 0 Å². The minimum absolute atomic E-state index is 0.0411. The van der Waals surface area contributed by atoms with Crippen LogP contribution in [-0.4, -0.2) is 23.5 Å². The first-order valence-electron chi connectivity index (χ1n) is 6.07. The van der Waals surface area contributed by atoms with Gasteiger partial charge in [0.2, 0.25) is 0 Å². The molecule has 0 spiro atoms. The number of carboxylic acid groups (broad SMARTS) is 1. The predicted molar refractivity (Wildman–Crippen MR) is 70.2 cm³/mol. The minimum Gasteiger partial charge on any atom is -0.481 e. The number of rotatable bonds is 5. The molecular formula is C14H15NO4. The molecule has 2 rings (SSSR count). The Morgan fingerprint density at radius 1 is 1.32 bits per heavy atom. The Labute approximate surface area is 110 Å². The molecule has 5 heteroatoms. The highest BCUT2D eigenvalue weighted by Crippen LogP contribution is 2.24. The summed E-state index contributed by atoms with van der Waals surface area (Å²) in [5, 5.41) is 12.1. The highest BCUT2D eigenvalue weighted by molar-refractivity contribution is 5.98. The first kappa shape index (κ1) is 13.1. The highest BCUT2D eigenvalue weighted by Gasteiger charge is 2.16. The van der Waals surface area contributed by atoms with Gasteiger partial charge in [-0.3, -0.25) is 9.59 Å². The Kier molecular flexibility index (Phi) is 3.85. The van der Waals surface area contributed by atoms with Crippen LogP contribution in [0, 0.1) is 6.92 Å². The van der Waals surface area contributed by atoms with Crippen LogP contribution in [0.5, 0.6) is 0 Å². The SMILES string of the molecule is Cc1c(C(=O)NCCCC(=O)O)oc2ccccc12. The van der Waals surface area contributed by atoms with Crippen LogP contribution in [0.25, 0.3) is 11.0 Å². The van der Waals surface area contributed by atoms with Gasteiger partial charge in [0.1, 0.15) is 5.58 Å². The lowest BCUT2D eigenvalue weighted by atomic mass is 10.1. The average molecular weight is 261 g/mol. The molecule has 0 saturated carbocycles. The molecule has 2 N–H and O–H groups in total. The van der Waals surface area contributed by atoms with Crippen LogP contribution >= 0.6 is 0 Å². The second-order valence-electron chi connectivity index (χ2n) is 4.31. The fourth-order valence-corrected chi connectivity index (χ4v) is 1.91. The summed E-state index contributed by atoms with van der Waals surface area (Å²) >= 11 is 0. The Hall–Kier alpha value is -2.30. The number of aliphatic carboxylic acids is 1. The first-order valence-corrected chi connectivity index (χ1v) is 6.07. The predicted octanol–water partition coefficient (Wildman–Crippen LogP) is 2.34. The van der Waals surface area contributed by atoms with Gasteiger partial charge >= 0.3 is 5.97 Å². The van der Waals surface area contributed by atoms with E-state index in [4.69, 9.17) is 9.52 Å². The van der Waals surface area contributed by atoms with Crippen LogP contribution in [0.15, 0.2) is 28.7 Å². The molecule has 0 aliphatic carbocycles. The Morgan fingerprint density at radius 3 is 2.74 bits per heavy atom. The van der Waals surface area contributed by atoms with E-state index in [1.54, 1.807) is 0 Å². The monoisotopic (exact) mass is 261 g/mol. The molecule has 0 fully saturated rings. The van der Waals surface area contributed by atoms with Crippen molar-refractivity contribution in [1.29, 1.82) is 0 Å². The number of hydrogen-bond acceptors (Lipinski definition) is 3. The highest BCUT2D eigenvalue weighted by atomic mass is 16.4. The number of aryl methyl sites for hydroxylation is 1. The van der Waals surface area contributed by atoms with Crippen LogP contribution in [0.4, 0.5) is 0 Å². The number of fused-ring (bicyclic) bond motifs is 1. The van der Waals surface area contributed by atoms with Crippen molar-refractivity contribution < 1.29 is 19.1 Å². The number of benzene rings is 1. The third-order valence-corrected chi connectivity index (χ3v) is 2.90. The van der Waals surface area contributed by atoms with Crippen molar-refractivity contribution in [3.63, 3.8) is 0 Å². The third-order valence-electron chi connectivity index (χ3n) is 2.90. The van der Waals surface area contributed by atoms with E-state index in [9.17, 15) is 9.59 Å². The smallest absolute Gasteiger partial charge is 0.303 e.